The van der Waals surface area contributed by atoms with Crippen molar-refractivity contribution in [2.24, 2.45) is 0 Å². The van der Waals surface area contributed by atoms with Crippen LogP contribution in [0.25, 0.3) is 0 Å². The monoisotopic (exact) mass is 337 g/mol. The average molecular weight is 337 g/mol. The third-order valence-corrected chi connectivity index (χ3v) is 3.47. The zero-order valence-electron chi connectivity index (χ0n) is 14.4. The van der Waals surface area contributed by atoms with Crippen LogP contribution in [0.15, 0.2) is 18.5 Å². The highest BCUT2D eigenvalue weighted by Crippen LogP contribution is 2.24. The standard InChI is InChI=1S/C16H23N3O5/c1-16(2,3)24-15(21)19-9-6-11(10-12(19)13(20)22-4)23-14-17-7-5-8-18-14/h5,7-8,11-12H,6,9-10H2,1-4H3/t11-,12+/m1/s1. The second-order valence-corrected chi connectivity index (χ2v) is 6.51. The van der Waals surface area contributed by atoms with E-state index >= 15 is 0 Å². The number of ether oxygens (including phenoxy) is 3. The molecule has 24 heavy (non-hydrogen) atoms. The average Bonchev–Trinajstić information content (AvgIpc) is 2.53. The van der Waals surface area contributed by atoms with Crippen LogP contribution in [0.3, 0.4) is 0 Å². The van der Waals surface area contributed by atoms with Crippen LogP contribution in [-0.4, -0.2) is 58.3 Å². The third kappa shape index (κ3) is 4.81. The number of nitrogens with zero attached hydrogens (tertiary/aromatic N) is 3. The van der Waals surface area contributed by atoms with E-state index in [-0.39, 0.29) is 12.1 Å². The Morgan fingerprint density at radius 1 is 1.25 bits per heavy atom. The molecule has 0 unspecified atom stereocenters. The van der Waals surface area contributed by atoms with Gasteiger partial charge in [-0.3, -0.25) is 4.90 Å². The van der Waals surface area contributed by atoms with Gasteiger partial charge in [-0.25, -0.2) is 19.6 Å². The highest BCUT2D eigenvalue weighted by Gasteiger charge is 2.40. The summed E-state index contributed by atoms with van der Waals surface area (Å²) in [5.41, 5.74) is -0.636. The summed E-state index contributed by atoms with van der Waals surface area (Å²) in [4.78, 5) is 33.8. The Labute approximate surface area is 141 Å². The first-order chi connectivity index (χ1) is 11.3. The molecule has 1 aromatic rings. The van der Waals surface area contributed by atoms with Gasteiger partial charge in [0, 0.05) is 31.8 Å². The molecule has 0 saturated carbocycles. The van der Waals surface area contributed by atoms with Crippen LogP contribution in [0.5, 0.6) is 6.01 Å². The number of likely N-dealkylation sites (tertiary alicyclic amines) is 1. The summed E-state index contributed by atoms with van der Waals surface area (Å²) >= 11 is 0. The number of esters is 1. The minimum atomic E-state index is -0.757. The maximum Gasteiger partial charge on any atom is 0.411 e. The molecule has 2 heterocycles. The van der Waals surface area contributed by atoms with Crippen molar-refractivity contribution in [3.63, 3.8) is 0 Å². The fraction of sp³-hybridized carbons (Fsp3) is 0.625. The number of hydrogen-bond donors (Lipinski definition) is 0. The van der Waals surface area contributed by atoms with Crippen molar-refractivity contribution in [2.75, 3.05) is 13.7 Å². The van der Waals surface area contributed by atoms with Gasteiger partial charge in [0.05, 0.1) is 7.11 Å². The Bertz CT molecular complexity index is 573. The smallest absolute Gasteiger partial charge is 0.411 e. The van der Waals surface area contributed by atoms with Crippen molar-refractivity contribution in [1.29, 1.82) is 0 Å². The largest absolute Gasteiger partial charge is 0.467 e. The molecule has 2 atom stereocenters. The summed E-state index contributed by atoms with van der Waals surface area (Å²) < 4.78 is 15.9. The highest BCUT2D eigenvalue weighted by atomic mass is 16.6. The van der Waals surface area contributed by atoms with Crippen molar-refractivity contribution in [3.8, 4) is 6.01 Å². The second kappa shape index (κ2) is 7.46. The van der Waals surface area contributed by atoms with Crippen molar-refractivity contribution in [3.05, 3.63) is 18.5 Å². The van der Waals surface area contributed by atoms with Gasteiger partial charge in [0.1, 0.15) is 17.7 Å². The van der Waals surface area contributed by atoms with Crippen LogP contribution in [0.4, 0.5) is 4.79 Å². The third-order valence-electron chi connectivity index (χ3n) is 3.47. The van der Waals surface area contributed by atoms with Gasteiger partial charge in [0.2, 0.25) is 0 Å². The lowest BCUT2D eigenvalue weighted by molar-refractivity contribution is -0.149. The number of carbonyl (C=O) groups excluding carboxylic acids is 2. The van der Waals surface area contributed by atoms with Gasteiger partial charge in [0.25, 0.3) is 0 Å². The molecule has 8 heteroatoms. The minimum Gasteiger partial charge on any atom is -0.467 e. The summed E-state index contributed by atoms with van der Waals surface area (Å²) in [6.07, 6.45) is 3.18. The van der Waals surface area contributed by atoms with Crippen LogP contribution < -0.4 is 4.74 Å². The lowest BCUT2D eigenvalue weighted by Crippen LogP contribution is -2.54. The normalized spacial score (nSPS) is 21.1. The molecule has 1 aliphatic heterocycles. The predicted molar refractivity (Wildman–Crippen MR) is 84.4 cm³/mol. The molecule has 0 radical (unpaired) electrons. The minimum absolute atomic E-state index is 0.247. The SMILES string of the molecule is COC(=O)[C@@H]1C[C@H](Oc2ncccn2)CCN1C(=O)OC(C)(C)C. The molecule has 0 spiro atoms. The van der Waals surface area contributed by atoms with Crippen molar-refractivity contribution >= 4 is 12.1 Å². The Morgan fingerprint density at radius 3 is 2.50 bits per heavy atom. The molecule has 0 bridgehead atoms. The number of amides is 1. The van der Waals surface area contributed by atoms with E-state index in [1.54, 1.807) is 39.2 Å². The Hall–Kier alpha value is -2.38. The first-order valence-electron chi connectivity index (χ1n) is 7.81. The van der Waals surface area contributed by atoms with Crippen LogP contribution in [0.1, 0.15) is 33.6 Å². The first kappa shape index (κ1) is 18.0. The number of piperidine rings is 1. The molecule has 1 fully saturated rings. The van der Waals surface area contributed by atoms with E-state index in [2.05, 4.69) is 9.97 Å². The Kier molecular flexibility index (Phi) is 5.58. The van der Waals surface area contributed by atoms with Crippen LogP contribution >= 0.6 is 0 Å². The Balaban J connectivity index is 2.07. The molecule has 132 valence electrons. The summed E-state index contributed by atoms with van der Waals surface area (Å²) in [5, 5.41) is 0. The molecule has 0 aromatic carbocycles. The van der Waals surface area contributed by atoms with Gasteiger partial charge < -0.3 is 14.2 Å². The Morgan fingerprint density at radius 2 is 1.92 bits per heavy atom. The van der Waals surface area contributed by atoms with Gasteiger partial charge in [-0.05, 0) is 26.8 Å². The van der Waals surface area contributed by atoms with Crippen molar-refractivity contribution in [1.82, 2.24) is 14.9 Å². The van der Waals surface area contributed by atoms with Gasteiger partial charge in [-0.1, -0.05) is 0 Å². The van der Waals surface area contributed by atoms with E-state index in [4.69, 9.17) is 14.2 Å². The van der Waals surface area contributed by atoms with E-state index in [0.717, 1.165) is 0 Å². The summed E-state index contributed by atoms with van der Waals surface area (Å²) in [6, 6.07) is 1.18. The summed E-state index contributed by atoms with van der Waals surface area (Å²) in [6.45, 7) is 5.66. The molecule has 2 rings (SSSR count). The topological polar surface area (TPSA) is 90.9 Å². The number of carbonyl (C=O) groups is 2. The summed E-state index contributed by atoms with van der Waals surface area (Å²) in [5.74, 6) is -0.497. The number of aromatic nitrogens is 2. The van der Waals surface area contributed by atoms with Gasteiger partial charge in [-0.15, -0.1) is 0 Å². The molecule has 1 aromatic heterocycles. The lowest BCUT2D eigenvalue weighted by atomic mass is 10.00. The van der Waals surface area contributed by atoms with Crippen LogP contribution in [0.2, 0.25) is 0 Å². The lowest BCUT2D eigenvalue weighted by Gasteiger charge is -2.37. The zero-order chi connectivity index (χ0) is 17.7. The van der Waals surface area contributed by atoms with E-state index in [1.807, 2.05) is 0 Å². The molecule has 1 saturated heterocycles. The second-order valence-electron chi connectivity index (χ2n) is 6.51. The summed E-state index contributed by atoms with van der Waals surface area (Å²) in [7, 11) is 1.29. The number of rotatable bonds is 3. The highest BCUT2D eigenvalue weighted by molar-refractivity contribution is 5.81. The number of hydrogen-bond acceptors (Lipinski definition) is 7. The molecule has 1 aliphatic rings. The van der Waals surface area contributed by atoms with Crippen LogP contribution in [-0.2, 0) is 14.3 Å². The van der Waals surface area contributed by atoms with Gasteiger partial charge in [0.15, 0.2) is 0 Å². The number of methoxy groups -OCH3 is 1. The maximum atomic E-state index is 12.3. The molecule has 0 N–H and O–H groups in total. The fourth-order valence-electron chi connectivity index (χ4n) is 2.43. The van der Waals surface area contributed by atoms with Crippen LogP contribution in [0, 0.1) is 0 Å². The molecule has 8 nitrogen and oxygen atoms in total. The zero-order valence-corrected chi connectivity index (χ0v) is 14.4. The molecule has 0 aliphatic carbocycles. The van der Waals surface area contributed by atoms with Gasteiger partial charge in [-0.2, -0.15) is 0 Å². The molecule has 1 amide bonds. The van der Waals surface area contributed by atoms with Crippen molar-refractivity contribution in [2.45, 2.75) is 51.4 Å². The molecular weight excluding hydrogens is 314 g/mol. The maximum absolute atomic E-state index is 12.3. The van der Waals surface area contributed by atoms with E-state index < -0.39 is 23.7 Å². The van der Waals surface area contributed by atoms with E-state index in [0.29, 0.717) is 19.4 Å². The first-order valence-corrected chi connectivity index (χ1v) is 7.81. The predicted octanol–water partition coefficient (Wildman–Crippen LogP) is 1.80. The van der Waals surface area contributed by atoms with E-state index in [1.165, 1.54) is 12.0 Å². The fourth-order valence-corrected chi connectivity index (χ4v) is 2.43. The van der Waals surface area contributed by atoms with Gasteiger partial charge >= 0.3 is 18.1 Å². The van der Waals surface area contributed by atoms with Crippen molar-refractivity contribution < 1.29 is 23.8 Å². The van der Waals surface area contributed by atoms with E-state index in [9.17, 15) is 9.59 Å². The molecular formula is C16H23N3O5. The quantitative estimate of drug-likeness (QED) is 0.777.